The van der Waals surface area contributed by atoms with E-state index < -0.39 is 10.0 Å². The minimum Gasteiger partial charge on any atom is -0.468 e. The molecule has 3 heterocycles. The second-order valence-electron chi connectivity index (χ2n) is 6.94. The largest absolute Gasteiger partial charge is 0.468 e. The number of hydrogen-bond acceptors (Lipinski definition) is 6. The molecule has 3 aromatic rings. The SMILES string of the molecule is O=S(=O)(NCC(c1ccco1)N1CCN(c2ccc(F)cc2)CC1)c1ccc(Cl)s1. The summed E-state index contributed by atoms with van der Waals surface area (Å²) in [7, 11) is -3.65. The molecule has 30 heavy (non-hydrogen) atoms. The molecule has 10 heteroatoms. The summed E-state index contributed by atoms with van der Waals surface area (Å²) in [5, 5.41) is 0. The number of sulfonamides is 1. The molecule has 1 atom stereocenters. The summed E-state index contributed by atoms with van der Waals surface area (Å²) >= 11 is 6.91. The number of thiophene rings is 1. The molecule has 0 amide bonds. The second-order valence-corrected chi connectivity index (χ2v) is 10.6. The van der Waals surface area contributed by atoms with Gasteiger partial charge >= 0.3 is 0 Å². The molecule has 0 bridgehead atoms. The maximum absolute atomic E-state index is 13.2. The van der Waals surface area contributed by atoms with E-state index in [1.807, 2.05) is 6.07 Å². The summed E-state index contributed by atoms with van der Waals surface area (Å²) in [6.07, 6.45) is 1.59. The summed E-state index contributed by atoms with van der Waals surface area (Å²) in [5.41, 5.74) is 0.973. The molecule has 1 aromatic carbocycles. The van der Waals surface area contributed by atoms with Crippen molar-refractivity contribution in [3.05, 3.63) is 70.7 Å². The van der Waals surface area contributed by atoms with Crippen molar-refractivity contribution in [1.29, 1.82) is 0 Å². The van der Waals surface area contributed by atoms with Gasteiger partial charge in [0.2, 0.25) is 10.0 Å². The van der Waals surface area contributed by atoms with Gasteiger partial charge in [-0.1, -0.05) is 11.6 Å². The number of piperazine rings is 1. The molecule has 0 aliphatic carbocycles. The molecular weight excluding hydrogens is 449 g/mol. The van der Waals surface area contributed by atoms with E-state index in [2.05, 4.69) is 14.5 Å². The van der Waals surface area contributed by atoms with Crippen LogP contribution in [-0.2, 0) is 10.0 Å². The van der Waals surface area contributed by atoms with E-state index in [9.17, 15) is 12.8 Å². The first-order chi connectivity index (χ1) is 14.4. The van der Waals surface area contributed by atoms with Crippen LogP contribution in [0.25, 0.3) is 0 Å². The smallest absolute Gasteiger partial charge is 0.250 e. The lowest BCUT2D eigenvalue weighted by atomic mass is 10.1. The number of furan rings is 1. The lowest BCUT2D eigenvalue weighted by Gasteiger charge is -2.39. The lowest BCUT2D eigenvalue weighted by molar-refractivity contribution is 0.166. The molecule has 1 saturated heterocycles. The van der Waals surface area contributed by atoms with Crippen LogP contribution in [0.2, 0.25) is 4.34 Å². The van der Waals surface area contributed by atoms with Crippen LogP contribution in [0, 0.1) is 5.82 Å². The van der Waals surface area contributed by atoms with Gasteiger partial charge in [0.25, 0.3) is 0 Å². The molecule has 1 N–H and O–H groups in total. The fraction of sp³-hybridized carbons (Fsp3) is 0.300. The van der Waals surface area contributed by atoms with Gasteiger partial charge in [-0.25, -0.2) is 17.5 Å². The van der Waals surface area contributed by atoms with Crippen LogP contribution in [0.5, 0.6) is 0 Å². The van der Waals surface area contributed by atoms with Gasteiger partial charge in [0.1, 0.15) is 15.8 Å². The Bertz CT molecular complexity index is 1060. The first-order valence-electron chi connectivity index (χ1n) is 9.45. The highest BCUT2D eigenvalue weighted by Crippen LogP contribution is 2.27. The summed E-state index contributed by atoms with van der Waals surface area (Å²) in [5.74, 6) is 0.451. The van der Waals surface area contributed by atoms with Crippen LogP contribution in [0.3, 0.4) is 0 Å². The Morgan fingerprint density at radius 1 is 1.10 bits per heavy atom. The van der Waals surface area contributed by atoms with Crippen molar-refractivity contribution >= 4 is 38.6 Å². The van der Waals surface area contributed by atoms with Gasteiger partial charge in [-0.15, -0.1) is 11.3 Å². The van der Waals surface area contributed by atoms with Crippen molar-refractivity contribution < 1.29 is 17.2 Å². The molecule has 1 aliphatic rings. The monoisotopic (exact) mass is 469 g/mol. The Morgan fingerprint density at radius 2 is 1.83 bits per heavy atom. The van der Waals surface area contributed by atoms with Gasteiger partial charge in [0.05, 0.1) is 16.6 Å². The number of benzene rings is 1. The van der Waals surface area contributed by atoms with E-state index in [1.165, 1.54) is 18.2 Å². The van der Waals surface area contributed by atoms with Gasteiger partial charge in [-0.2, -0.15) is 0 Å². The Morgan fingerprint density at radius 3 is 2.43 bits per heavy atom. The number of nitrogens with one attached hydrogen (secondary N) is 1. The minimum atomic E-state index is -3.65. The molecule has 0 saturated carbocycles. The average Bonchev–Trinajstić information content (AvgIpc) is 3.42. The number of halogens is 2. The van der Waals surface area contributed by atoms with E-state index in [-0.39, 0.29) is 22.6 Å². The quantitative estimate of drug-likeness (QED) is 0.567. The molecule has 160 valence electrons. The zero-order valence-electron chi connectivity index (χ0n) is 16.0. The third-order valence-corrected chi connectivity index (χ3v) is 8.25. The molecular formula is C20H21ClFN3O3S2. The van der Waals surface area contributed by atoms with E-state index in [0.29, 0.717) is 10.1 Å². The van der Waals surface area contributed by atoms with Crippen LogP contribution >= 0.6 is 22.9 Å². The molecule has 0 spiro atoms. The maximum atomic E-state index is 13.2. The summed E-state index contributed by atoms with van der Waals surface area (Å²) in [6.45, 7) is 3.11. The first-order valence-corrected chi connectivity index (χ1v) is 12.1. The van der Waals surface area contributed by atoms with Crippen LogP contribution in [-0.4, -0.2) is 46.0 Å². The molecule has 4 rings (SSSR count). The number of nitrogens with zero attached hydrogens (tertiary/aromatic N) is 2. The van der Waals surface area contributed by atoms with Crippen LogP contribution in [0.1, 0.15) is 11.8 Å². The predicted octanol–water partition coefficient (Wildman–Crippen LogP) is 3.98. The van der Waals surface area contributed by atoms with E-state index in [1.54, 1.807) is 30.5 Å². The van der Waals surface area contributed by atoms with Crippen molar-refractivity contribution in [2.24, 2.45) is 0 Å². The Balaban J connectivity index is 1.44. The second kappa shape index (κ2) is 9.07. The molecule has 1 unspecified atom stereocenters. The predicted molar refractivity (Wildman–Crippen MR) is 116 cm³/mol. The van der Waals surface area contributed by atoms with Crippen molar-refractivity contribution in [3.8, 4) is 0 Å². The molecule has 6 nitrogen and oxygen atoms in total. The Labute approximate surface area is 183 Å². The van der Waals surface area contributed by atoms with Crippen molar-refractivity contribution in [3.63, 3.8) is 0 Å². The zero-order chi connectivity index (χ0) is 21.1. The number of rotatable bonds is 7. The molecule has 0 radical (unpaired) electrons. The van der Waals surface area contributed by atoms with Crippen molar-refractivity contribution in [2.75, 3.05) is 37.6 Å². The van der Waals surface area contributed by atoms with E-state index >= 15 is 0 Å². The highest BCUT2D eigenvalue weighted by atomic mass is 35.5. The molecule has 1 fully saturated rings. The minimum absolute atomic E-state index is 0.182. The van der Waals surface area contributed by atoms with Gasteiger partial charge in [0.15, 0.2) is 0 Å². The third kappa shape index (κ3) is 4.87. The van der Waals surface area contributed by atoms with E-state index in [4.69, 9.17) is 16.0 Å². The lowest BCUT2D eigenvalue weighted by Crippen LogP contribution is -2.49. The summed E-state index contributed by atoms with van der Waals surface area (Å²) < 4.78 is 47.3. The fourth-order valence-electron chi connectivity index (χ4n) is 3.54. The van der Waals surface area contributed by atoms with Gasteiger partial charge in [-0.3, -0.25) is 4.90 Å². The van der Waals surface area contributed by atoms with Crippen molar-refractivity contribution in [1.82, 2.24) is 9.62 Å². The topological polar surface area (TPSA) is 65.8 Å². The normalized spacial score (nSPS) is 16.7. The van der Waals surface area contributed by atoms with Crippen molar-refractivity contribution in [2.45, 2.75) is 10.3 Å². The standard InChI is InChI=1S/C20H21ClFN3O3S2/c21-19-7-8-20(29-19)30(26,27)23-14-17(18-2-1-13-28-18)25-11-9-24(10-12-25)16-5-3-15(22)4-6-16/h1-8,13,17,23H,9-12,14H2. The highest BCUT2D eigenvalue weighted by Gasteiger charge is 2.29. The van der Waals surface area contributed by atoms with Gasteiger partial charge in [-0.05, 0) is 48.5 Å². The first kappa shape index (κ1) is 21.3. The highest BCUT2D eigenvalue weighted by molar-refractivity contribution is 7.91. The third-order valence-electron chi connectivity index (χ3n) is 5.10. The number of anilines is 1. The Hall–Kier alpha value is -1.91. The van der Waals surface area contributed by atoms with Gasteiger partial charge in [0, 0.05) is 38.4 Å². The molecule has 1 aliphatic heterocycles. The van der Waals surface area contributed by atoms with E-state index in [0.717, 1.165) is 43.2 Å². The number of hydrogen-bond donors (Lipinski definition) is 1. The maximum Gasteiger partial charge on any atom is 0.250 e. The summed E-state index contributed by atoms with van der Waals surface area (Å²) in [4.78, 5) is 4.38. The van der Waals surface area contributed by atoms with Crippen LogP contribution in [0.15, 0.2) is 63.4 Å². The molecule has 2 aromatic heterocycles. The average molecular weight is 470 g/mol. The Kier molecular flexibility index (Phi) is 6.45. The van der Waals surface area contributed by atoms with Crippen LogP contribution in [0.4, 0.5) is 10.1 Å². The zero-order valence-corrected chi connectivity index (χ0v) is 18.4. The van der Waals surface area contributed by atoms with Gasteiger partial charge < -0.3 is 9.32 Å². The fourth-order valence-corrected chi connectivity index (χ4v) is 6.10. The van der Waals surface area contributed by atoms with Crippen LogP contribution < -0.4 is 9.62 Å². The summed E-state index contributed by atoms with van der Waals surface area (Å²) in [6, 6.07) is 12.9.